The molecular weight excluding hydrogens is 274 g/mol. The molecule has 1 N–H and O–H groups in total. The van der Waals surface area contributed by atoms with Crippen molar-refractivity contribution in [3.63, 3.8) is 0 Å². The molecule has 0 aliphatic rings. The van der Waals surface area contributed by atoms with E-state index in [4.69, 9.17) is 16.3 Å². The van der Waals surface area contributed by atoms with Gasteiger partial charge in [0.05, 0.1) is 12.9 Å². The largest absolute Gasteiger partial charge is 0.497 e. The minimum atomic E-state index is -3.08. The summed E-state index contributed by atoms with van der Waals surface area (Å²) in [5.41, 5.74) is 0.768. The minimum Gasteiger partial charge on any atom is -0.497 e. The van der Waals surface area contributed by atoms with Crippen LogP contribution in [-0.4, -0.2) is 34.1 Å². The number of hydrogen-bond acceptors (Lipinski definition) is 4. The van der Waals surface area contributed by atoms with Crippen molar-refractivity contribution in [2.75, 3.05) is 25.7 Å². The van der Waals surface area contributed by atoms with E-state index in [0.717, 1.165) is 5.56 Å². The highest BCUT2D eigenvalue weighted by Gasteiger charge is 2.19. The van der Waals surface area contributed by atoms with Crippen molar-refractivity contribution >= 4 is 21.4 Å². The van der Waals surface area contributed by atoms with Crippen LogP contribution in [0.25, 0.3) is 0 Å². The van der Waals surface area contributed by atoms with Crippen molar-refractivity contribution < 1.29 is 13.2 Å². The summed E-state index contributed by atoms with van der Waals surface area (Å²) in [6.07, 6.45) is 1.22. The van der Waals surface area contributed by atoms with Crippen molar-refractivity contribution in [1.82, 2.24) is 5.32 Å². The molecule has 0 amide bonds. The van der Waals surface area contributed by atoms with Crippen LogP contribution in [0.1, 0.15) is 18.5 Å². The third-order valence-corrected chi connectivity index (χ3v) is 3.77. The lowest BCUT2D eigenvalue weighted by Gasteiger charge is -2.19. The van der Waals surface area contributed by atoms with Gasteiger partial charge in [-0.1, -0.05) is 24.6 Å². The summed E-state index contributed by atoms with van der Waals surface area (Å²) in [4.78, 5) is 0. The number of nitrogens with one attached hydrogen (secondary N) is 1. The van der Waals surface area contributed by atoms with Crippen LogP contribution in [0.5, 0.6) is 5.75 Å². The summed E-state index contributed by atoms with van der Waals surface area (Å²) in [5.74, 6) is 0.672. The summed E-state index contributed by atoms with van der Waals surface area (Å²) < 4.78 is 27.9. The summed E-state index contributed by atoms with van der Waals surface area (Å²) in [6, 6.07) is 4.94. The summed E-state index contributed by atoms with van der Waals surface area (Å²) in [5, 5.41) is 3.63. The normalized spacial score (nSPS) is 13.3. The lowest BCUT2D eigenvalue weighted by molar-refractivity contribution is 0.414. The van der Waals surface area contributed by atoms with Gasteiger partial charge in [0, 0.05) is 17.3 Å². The molecule has 6 heteroatoms. The third kappa shape index (κ3) is 4.48. The molecule has 0 heterocycles. The van der Waals surface area contributed by atoms with Crippen LogP contribution in [0, 0.1) is 0 Å². The molecule has 0 saturated heterocycles. The standard InChI is InChI=1S/C12H18ClNO3S/c1-4-14-12(8-18(3,15)16)10-6-5-9(17-2)7-11(10)13/h5-7,12,14H,4,8H2,1-3H3. The number of methoxy groups -OCH3 is 1. The van der Waals surface area contributed by atoms with E-state index in [0.29, 0.717) is 17.3 Å². The summed E-state index contributed by atoms with van der Waals surface area (Å²) in [6.45, 7) is 2.59. The monoisotopic (exact) mass is 291 g/mol. The quantitative estimate of drug-likeness (QED) is 0.871. The highest BCUT2D eigenvalue weighted by molar-refractivity contribution is 7.90. The predicted octanol–water partition coefficient (Wildman–Crippen LogP) is 2.04. The lowest BCUT2D eigenvalue weighted by atomic mass is 10.1. The van der Waals surface area contributed by atoms with Crippen molar-refractivity contribution in [3.05, 3.63) is 28.8 Å². The molecule has 1 aromatic rings. The molecule has 0 saturated carbocycles. The van der Waals surface area contributed by atoms with Gasteiger partial charge in [-0.05, 0) is 24.2 Å². The Morgan fingerprint density at radius 1 is 1.44 bits per heavy atom. The molecule has 0 spiro atoms. The maximum absolute atomic E-state index is 11.4. The van der Waals surface area contributed by atoms with Gasteiger partial charge >= 0.3 is 0 Å². The SMILES string of the molecule is CCNC(CS(C)(=O)=O)c1ccc(OC)cc1Cl. The molecule has 1 atom stereocenters. The van der Waals surface area contributed by atoms with E-state index in [1.807, 2.05) is 6.92 Å². The second-order valence-corrected chi connectivity index (χ2v) is 6.68. The summed E-state index contributed by atoms with van der Waals surface area (Å²) >= 11 is 6.15. The molecule has 18 heavy (non-hydrogen) atoms. The zero-order valence-electron chi connectivity index (χ0n) is 10.7. The van der Waals surface area contributed by atoms with Gasteiger partial charge in [0.15, 0.2) is 0 Å². The Morgan fingerprint density at radius 3 is 2.56 bits per heavy atom. The Hall–Kier alpha value is -0.780. The van der Waals surface area contributed by atoms with Gasteiger partial charge < -0.3 is 10.1 Å². The van der Waals surface area contributed by atoms with E-state index in [9.17, 15) is 8.42 Å². The average molecular weight is 292 g/mol. The highest BCUT2D eigenvalue weighted by Crippen LogP contribution is 2.28. The Labute approximate surface area is 113 Å². The number of sulfone groups is 1. The van der Waals surface area contributed by atoms with Gasteiger partial charge in [0.25, 0.3) is 0 Å². The fourth-order valence-electron chi connectivity index (χ4n) is 1.73. The molecule has 0 bridgehead atoms. The zero-order valence-corrected chi connectivity index (χ0v) is 12.3. The number of rotatable bonds is 6. The number of benzene rings is 1. The van der Waals surface area contributed by atoms with Gasteiger partial charge in [-0.3, -0.25) is 0 Å². The minimum absolute atomic E-state index is 0.0207. The van der Waals surface area contributed by atoms with E-state index in [-0.39, 0.29) is 11.8 Å². The molecule has 0 aromatic heterocycles. The number of halogens is 1. The van der Waals surface area contributed by atoms with Crippen LogP contribution in [0.2, 0.25) is 5.02 Å². The van der Waals surface area contributed by atoms with Gasteiger partial charge in [-0.25, -0.2) is 8.42 Å². The molecule has 1 rings (SSSR count). The van der Waals surface area contributed by atoms with Gasteiger partial charge in [-0.15, -0.1) is 0 Å². The highest BCUT2D eigenvalue weighted by atomic mass is 35.5. The smallest absolute Gasteiger partial charge is 0.149 e. The van der Waals surface area contributed by atoms with Gasteiger partial charge in [0.1, 0.15) is 15.6 Å². The molecule has 0 radical (unpaired) electrons. The van der Waals surface area contributed by atoms with Gasteiger partial charge in [0.2, 0.25) is 0 Å². The van der Waals surface area contributed by atoms with E-state index in [1.54, 1.807) is 25.3 Å². The fourth-order valence-corrected chi connectivity index (χ4v) is 2.93. The van der Waals surface area contributed by atoms with Crippen molar-refractivity contribution in [2.45, 2.75) is 13.0 Å². The first-order chi connectivity index (χ1) is 8.37. The first-order valence-electron chi connectivity index (χ1n) is 5.62. The van der Waals surface area contributed by atoms with Crippen LogP contribution in [0.4, 0.5) is 0 Å². The lowest BCUT2D eigenvalue weighted by Crippen LogP contribution is -2.27. The van der Waals surface area contributed by atoms with Crippen LogP contribution < -0.4 is 10.1 Å². The van der Waals surface area contributed by atoms with E-state index in [2.05, 4.69) is 5.32 Å². The maximum Gasteiger partial charge on any atom is 0.149 e. The van der Waals surface area contributed by atoms with E-state index in [1.165, 1.54) is 6.26 Å². The van der Waals surface area contributed by atoms with Crippen molar-refractivity contribution in [2.24, 2.45) is 0 Å². The number of ether oxygens (including phenoxy) is 1. The van der Waals surface area contributed by atoms with Crippen molar-refractivity contribution in [3.8, 4) is 5.75 Å². The Morgan fingerprint density at radius 2 is 2.11 bits per heavy atom. The summed E-state index contributed by atoms with van der Waals surface area (Å²) in [7, 11) is -1.52. The average Bonchev–Trinajstić information content (AvgIpc) is 2.26. The van der Waals surface area contributed by atoms with E-state index >= 15 is 0 Å². The second-order valence-electron chi connectivity index (χ2n) is 4.09. The van der Waals surface area contributed by atoms with Crippen LogP contribution >= 0.6 is 11.6 Å². The molecule has 1 unspecified atom stereocenters. The Bertz CT molecular complexity index is 502. The van der Waals surface area contributed by atoms with Crippen LogP contribution in [-0.2, 0) is 9.84 Å². The van der Waals surface area contributed by atoms with Crippen molar-refractivity contribution in [1.29, 1.82) is 0 Å². The fraction of sp³-hybridized carbons (Fsp3) is 0.500. The first kappa shape index (κ1) is 15.3. The second kappa shape index (κ2) is 6.41. The molecule has 0 aliphatic heterocycles. The molecule has 4 nitrogen and oxygen atoms in total. The molecule has 102 valence electrons. The van der Waals surface area contributed by atoms with E-state index < -0.39 is 9.84 Å². The molecule has 0 fully saturated rings. The number of hydrogen-bond donors (Lipinski definition) is 1. The molecular formula is C12H18ClNO3S. The topological polar surface area (TPSA) is 55.4 Å². The first-order valence-corrected chi connectivity index (χ1v) is 8.05. The molecule has 1 aromatic carbocycles. The van der Waals surface area contributed by atoms with Gasteiger partial charge in [-0.2, -0.15) is 0 Å². The molecule has 0 aliphatic carbocycles. The maximum atomic E-state index is 11.4. The Balaban J connectivity index is 3.05. The van der Waals surface area contributed by atoms with Crippen LogP contribution in [0.3, 0.4) is 0 Å². The predicted molar refractivity (Wildman–Crippen MR) is 74.1 cm³/mol. The zero-order chi connectivity index (χ0) is 13.8. The van der Waals surface area contributed by atoms with Crippen LogP contribution in [0.15, 0.2) is 18.2 Å². The third-order valence-electron chi connectivity index (χ3n) is 2.50. The Kier molecular flexibility index (Phi) is 5.44.